The molecule has 5 heterocycles. The van der Waals surface area contributed by atoms with E-state index in [4.69, 9.17) is 17.2 Å². The number of aliphatic carboxylic acids is 1. The SMILES string of the molecule is CC(C)C[C@@H]1NC(=O)[C@@H](N)[C@H](C(C)C)c2ccc3c4c([nH]c3c2)-n2cnc(c2)C[C@@H](C(=O)O)NC(=O)CNC(=O)[C@H](CCCN=C(N)N)NC(=O)[C@H](C4)NC(=O)[C@H](C(C)C)NC1=O. The van der Waals surface area contributed by atoms with Gasteiger partial charge in [-0.25, -0.2) is 9.78 Å². The lowest BCUT2D eigenvalue weighted by Gasteiger charge is -2.30. The first kappa shape index (κ1) is 47.5. The summed E-state index contributed by atoms with van der Waals surface area (Å²) in [6, 6.07) is -1.85. The molecule has 342 valence electrons. The summed E-state index contributed by atoms with van der Waals surface area (Å²) >= 11 is 0. The molecule has 1 aromatic carbocycles. The number of rotatable bonds is 9. The first-order valence-electron chi connectivity index (χ1n) is 21.2. The molecule has 0 radical (unpaired) electrons. The van der Waals surface area contributed by atoms with Crippen molar-refractivity contribution in [2.45, 2.75) is 116 Å². The van der Waals surface area contributed by atoms with Crippen LogP contribution in [-0.2, 0) is 46.4 Å². The van der Waals surface area contributed by atoms with Crippen molar-refractivity contribution in [3.05, 3.63) is 47.5 Å². The molecule has 21 heteroatoms. The topological polar surface area (TPSA) is 336 Å². The number of carbonyl (C=O) groups excluding carboxylic acids is 6. The van der Waals surface area contributed by atoms with Crippen molar-refractivity contribution < 1.29 is 38.7 Å². The summed E-state index contributed by atoms with van der Waals surface area (Å²) in [7, 11) is 0. The van der Waals surface area contributed by atoms with Gasteiger partial charge in [-0.05, 0) is 48.6 Å². The number of benzene rings is 1. The van der Waals surface area contributed by atoms with Crippen LogP contribution in [0.4, 0.5) is 0 Å². The minimum Gasteiger partial charge on any atom is -0.480 e. The molecule has 0 spiro atoms. The summed E-state index contributed by atoms with van der Waals surface area (Å²) in [4.78, 5) is 108. The van der Waals surface area contributed by atoms with E-state index in [9.17, 15) is 38.7 Å². The van der Waals surface area contributed by atoms with Crippen molar-refractivity contribution in [3.8, 4) is 5.82 Å². The number of nitrogens with one attached hydrogen (secondary N) is 7. The van der Waals surface area contributed by atoms with Crippen LogP contribution in [0, 0.1) is 17.8 Å². The maximum Gasteiger partial charge on any atom is 0.326 e. The van der Waals surface area contributed by atoms with Crippen molar-refractivity contribution in [2.24, 2.45) is 39.9 Å². The molecule has 3 aliphatic heterocycles. The average molecular weight is 876 g/mol. The molecule has 0 unspecified atom stereocenters. The second-order valence-corrected chi connectivity index (χ2v) is 17.4. The zero-order valence-electron chi connectivity index (χ0n) is 36.5. The Morgan fingerprint density at radius 2 is 1.59 bits per heavy atom. The van der Waals surface area contributed by atoms with Gasteiger partial charge in [0.05, 0.1) is 18.3 Å². The Morgan fingerprint density at radius 3 is 2.24 bits per heavy atom. The number of carbonyl (C=O) groups is 7. The molecule has 7 bridgehead atoms. The number of hydrogen-bond acceptors (Lipinski definition) is 10. The van der Waals surface area contributed by atoms with Gasteiger partial charge in [0.2, 0.25) is 35.4 Å². The summed E-state index contributed by atoms with van der Waals surface area (Å²) in [5.74, 6) is -6.50. The number of amides is 6. The number of nitrogens with two attached hydrogens (primary N) is 3. The molecule has 63 heavy (non-hydrogen) atoms. The Labute approximate surface area is 364 Å². The smallest absolute Gasteiger partial charge is 0.326 e. The fourth-order valence-electron chi connectivity index (χ4n) is 8.08. The van der Waals surface area contributed by atoms with Crippen LogP contribution in [0.1, 0.15) is 83.5 Å². The number of guanidine groups is 1. The van der Waals surface area contributed by atoms with Crippen molar-refractivity contribution in [1.29, 1.82) is 0 Å². The predicted molar refractivity (Wildman–Crippen MR) is 233 cm³/mol. The Morgan fingerprint density at radius 1 is 0.873 bits per heavy atom. The van der Waals surface area contributed by atoms with Crippen LogP contribution in [0.25, 0.3) is 16.7 Å². The van der Waals surface area contributed by atoms with Crippen LogP contribution in [0.5, 0.6) is 0 Å². The van der Waals surface area contributed by atoms with Gasteiger partial charge in [-0.2, -0.15) is 0 Å². The number of aromatic nitrogens is 3. The van der Waals surface area contributed by atoms with E-state index in [1.165, 1.54) is 6.33 Å². The van der Waals surface area contributed by atoms with E-state index in [2.05, 4.69) is 46.9 Å². The van der Waals surface area contributed by atoms with Crippen molar-refractivity contribution in [1.82, 2.24) is 46.4 Å². The minimum absolute atomic E-state index is 0.000183. The Bertz CT molecular complexity index is 2230. The molecule has 0 saturated heterocycles. The minimum atomic E-state index is -1.41. The third-order valence-electron chi connectivity index (χ3n) is 11.3. The average Bonchev–Trinajstić information content (AvgIpc) is 3.81. The van der Waals surface area contributed by atoms with Gasteiger partial charge in [0, 0.05) is 48.0 Å². The highest BCUT2D eigenvalue weighted by Crippen LogP contribution is 2.34. The van der Waals surface area contributed by atoms with Crippen molar-refractivity contribution in [3.63, 3.8) is 0 Å². The Hall–Kier alpha value is -6.51. The lowest BCUT2D eigenvalue weighted by Crippen LogP contribution is -2.60. The van der Waals surface area contributed by atoms with E-state index in [1.807, 2.05) is 45.9 Å². The number of nitrogens with zero attached hydrogens (tertiary/aromatic N) is 3. The van der Waals surface area contributed by atoms with Crippen LogP contribution in [0.15, 0.2) is 35.7 Å². The second-order valence-electron chi connectivity index (χ2n) is 17.4. The van der Waals surface area contributed by atoms with E-state index >= 15 is 0 Å². The van der Waals surface area contributed by atoms with Gasteiger partial charge in [-0.1, -0.05) is 53.7 Å². The summed E-state index contributed by atoms with van der Waals surface area (Å²) in [6.07, 6.45) is 3.12. The van der Waals surface area contributed by atoms with E-state index in [0.717, 1.165) is 0 Å². The number of H-pyrrole nitrogens is 1. The third-order valence-corrected chi connectivity index (χ3v) is 11.3. The zero-order chi connectivity index (χ0) is 46.3. The van der Waals surface area contributed by atoms with E-state index < -0.39 is 96.0 Å². The van der Waals surface area contributed by atoms with Crippen molar-refractivity contribution in [2.75, 3.05) is 13.1 Å². The lowest BCUT2D eigenvalue weighted by atomic mass is 9.81. The molecule has 0 saturated carbocycles. The fourth-order valence-corrected chi connectivity index (χ4v) is 8.08. The molecular weight excluding hydrogens is 815 g/mol. The fraction of sp³-hybridized carbons (Fsp3) is 0.548. The largest absolute Gasteiger partial charge is 0.480 e. The van der Waals surface area contributed by atoms with Gasteiger partial charge in [-0.15, -0.1) is 0 Å². The Balaban J connectivity index is 1.73. The summed E-state index contributed by atoms with van der Waals surface area (Å²) in [5, 5.41) is 26.8. The number of fused-ring (bicyclic) bond motifs is 13. The van der Waals surface area contributed by atoms with Crippen LogP contribution in [0.2, 0.25) is 0 Å². The molecule has 21 nitrogen and oxygen atoms in total. The van der Waals surface area contributed by atoms with Gasteiger partial charge in [-0.3, -0.25) is 38.3 Å². The quantitative estimate of drug-likeness (QED) is 0.0529. The molecule has 7 atom stereocenters. The van der Waals surface area contributed by atoms with E-state index in [1.54, 1.807) is 24.6 Å². The van der Waals surface area contributed by atoms with Crippen LogP contribution in [-0.4, -0.2) is 116 Å². The van der Waals surface area contributed by atoms with Gasteiger partial charge in [0.15, 0.2) is 5.96 Å². The first-order valence-corrected chi connectivity index (χ1v) is 21.2. The molecule has 3 aromatic rings. The highest BCUT2D eigenvalue weighted by molar-refractivity contribution is 5.98. The zero-order valence-corrected chi connectivity index (χ0v) is 36.5. The monoisotopic (exact) mass is 875 g/mol. The number of imidazole rings is 1. The molecule has 6 amide bonds. The lowest BCUT2D eigenvalue weighted by molar-refractivity contribution is -0.141. The van der Waals surface area contributed by atoms with E-state index in [0.29, 0.717) is 33.5 Å². The molecule has 0 fully saturated rings. The predicted octanol–water partition coefficient (Wildman–Crippen LogP) is -1.09. The third kappa shape index (κ3) is 11.9. The number of aliphatic imine (C=N–C) groups is 1. The normalized spacial score (nSPS) is 24.4. The number of carboxylic acids is 1. The molecule has 14 N–H and O–H groups in total. The highest BCUT2D eigenvalue weighted by atomic mass is 16.4. The maximum absolute atomic E-state index is 14.7. The van der Waals surface area contributed by atoms with Crippen LogP contribution in [0.3, 0.4) is 0 Å². The van der Waals surface area contributed by atoms with Gasteiger partial charge in [0.25, 0.3) is 0 Å². The first-order chi connectivity index (χ1) is 29.7. The molecule has 3 aliphatic rings. The number of hydrogen-bond donors (Lipinski definition) is 11. The highest BCUT2D eigenvalue weighted by Gasteiger charge is 2.37. The van der Waals surface area contributed by atoms with Gasteiger partial charge < -0.3 is 59.2 Å². The van der Waals surface area contributed by atoms with Gasteiger partial charge >= 0.3 is 5.97 Å². The molecular formula is C42H61N13O8. The van der Waals surface area contributed by atoms with Crippen molar-refractivity contribution >= 4 is 58.3 Å². The van der Waals surface area contributed by atoms with Gasteiger partial charge in [0.1, 0.15) is 42.4 Å². The maximum atomic E-state index is 14.7. The second kappa shape index (κ2) is 20.6. The molecule has 6 rings (SSSR count). The number of carboxylic acid groups (broad SMARTS) is 1. The Kier molecular flexibility index (Phi) is 15.5. The van der Waals surface area contributed by atoms with Crippen LogP contribution >= 0.6 is 0 Å². The summed E-state index contributed by atoms with van der Waals surface area (Å²) in [6.45, 7) is 10.6. The molecule has 0 aliphatic carbocycles. The van der Waals surface area contributed by atoms with E-state index in [-0.39, 0.29) is 56.4 Å². The standard InChI is InChI=1S/C42H61N13O8/c1-19(2)12-28-38(59)54-34(21(5)6)40(61)53-29-15-25-24-10-9-22(32(20(3)4)33(43)39(60)52-28)13-27(24)50-35(25)55-17-23(48-18-55)14-30(41(62)63)49-31(56)16-47-36(57)26(51-37(29)58)8-7-11-46-42(44)45/h9-10,13,17-21,26,28-30,32-34,50H,7-8,11-12,14-16,43H2,1-6H3,(H,47,57)(H,49,56)(H,51,58)(H,52,60)(H,53,61)(H,54,59)(H,62,63)(H4,44,45,46)/t26-,28-,29-,30-,32+,33-,34-/m0/s1. The summed E-state index contributed by atoms with van der Waals surface area (Å²) in [5.41, 5.74) is 19.9. The number of aromatic amines is 1. The molecule has 2 aromatic heterocycles. The summed E-state index contributed by atoms with van der Waals surface area (Å²) < 4.78 is 1.61. The van der Waals surface area contributed by atoms with Crippen LogP contribution < -0.4 is 49.1 Å².